The van der Waals surface area contributed by atoms with Crippen LogP contribution in [0.15, 0.2) is 36.4 Å². The summed E-state index contributed by atoms with van der Waals surface area (Å²) in [6, 6.07) is 11.2. The molecule has 1 saturated heterocycles. The van der Waals surface area contributed by atoms with E-state index in [4.69, 9.17) is 29.3 Å². The van der Waals surface area contributed by atoms with Gasteiger partial charge in [0.15, 0.2) is 11.5 Å². The first-order chi connectivity index (χ1) is 18.8. The summed E-state index contributed by atoms with van der Waals surface area (Å²) in [4.78, 5) is 11.6. The molecule has 0 saturated carbocycles. The molecule has 1 fully saturated rings. The van der Waals surface area contributed by atoms with Crippen molar-refractivity contribution >= 4 is 22.5 Å². The lowest BCUT2D eigenvalue weighted by molar-refractivity contribution is -0.138. The van der Waals surface area contributed by atoms with Gasteiger partial charge in [-0.1, -0.05) is 6.07 Å². The molecule has 1 N–H and O–H groups in total. The van der Waals surface area contributed by atoms with Gasteiger partial charge in [0.2, 0.25) is 5.95 Å². The Hall–Kier alpha value is -3.80. The number of benzene rings is 2. The minimum atomic E-state index is -4.18. The fourth-order valence-corrected chi connectivity index (χ4v) is 5.00. The topological polar surface area (TPSA) is 86.0 Å². The number of likely N-dealkylation sites (tertiary alicyclic amines) is 1. The molecule has 0 amide bonds. The number of fused-ring (bicyclic) bond motifs is 3. The predicted molar refractivity (Wildman–Crippen MR) is 141 cm³/mol. The number of hydrogen-bond donors (Lipinski definition) is 1. The average Bonchev–Trinajstić information content (AvgIpc) is 3.40. The molecule has 0 bridgehead atoms. The molecule has 0 aliphatic carbocycles. The molecule has 9 nitrogen and oxygen atoms in total. The summed E-state index contributed by atoms with van der Waals surface area (Å²) in [5, 5.41) is 8.94. The molecule has 1 atom stereocenters. The Morgan fingerprint density at radius 1 is 1.03 bits per heavy atom. The van der Waals surface area contributed by atoms with E-state index in [2.05, 4.69) is 5.32 Å². The van der Waals surface area contributed by atoms with Gasteiger partial charge in [-0.05, 0) is 43.7 Å². The third kappa shape index (κ3) is 5.80. The zero-order chi connectivity index (χ0) is 27.6. The van der Waals surface area contributed by atoms with E-state index in [0.29, 0.717) is 59.8 Å². The standard InChI is InChI=1S/C27H31F3N6O3/c1-37-19-10-9-17(22(14-19)39-3)15-31-26-32-23-20(7-4-8-21(23)38-2)25-33-24(34-36(25)26)18-6-5-12-35(16-18)13-11-27(28,29)30/h4,7-10,14,18H,5-6,11-13,15-16H2,1-3H3,(H,31,32). The molecule has 0 spiro atoms. The molecule has 2 aromatic carbocycles. The molecule has 3 heterocycles. The van der Waals surface area contributed by atoms with E-state index in [1.807, 2.05) is 41.3 Å². The van der Waals surface area contributed by atoms with Gasteiger partial charge in [-0.2, -0.15) is 17.7 Å². The Kier molecular flexibility index (Phi) is 7.65. The summed E-state index contributed by atoms with van der Waals surface area (Å²) in [6.45, 7) is 1.48. The SMILES string of the molecule is COc1ccc(CNc2nc3c(OC)cccc3c3nc(C4CCCN(CCC(F)(F)F)C4)nn23)c(OC)c1. The number of nitrogens with one attached hydrogen (secondary N) is 1. The Bertz CT molecular complexity index is 1460. The van der Waals surface area contributed by atoms with Gasteiger partial charge in [-0.3, -0.25) is 0 Å². The van der Waals surface area contributed by atoms with Crippen LogP contribution in [0.25, 0.3) is 16.6 Å². The molecular weight excluding hydrogens is 513 g/mol. The molecule has 0 radical (unpaired) electrons. The van der Waals surface area contributed by atoms with E-state index in [1.54, 1.807) is 25.8 Å². The lowest BCUT2D eigenvalue weighted by Gasteiger charge is -2.31. The maximum atomic E-state index is 12.8. The number of halogens is 3. The Morgan fingerprint density at radius 3 is 2.59 bits per heavy atom. The van der Waals surface area contributed by atoms with Crippen LogP contribution >= 0.6 is 0 Å². The fourth-order valence-electron chi connectivity index (χ4n) is 5.00. The highest BCUT2D eigenvalue weighted by molar-refractivity contribution is 5.96. The third-order valence-corrected chi connectivity index (χ3v) is 7.02. The van der Waals surface area contributed by atoms with Crippen LogP contribution in [0.3, 0.4) is 0 Å². The summed E-state index contributed by atoms with van der Waals surface area (Å²) in [6.07, 6.45) is -3.41. The van der Waals surface area contributed by atoms with Crippen LogP contribution in [0.1, 0.15) is 36.6 Å². The van der Waals surface area contributed by atoms with E-state index < -0.39 is 12.6 Å². The summed E-state index contributed by atoms with van der Waals surface area (Å²) < 4.78 is 56.5. The monoisotopic (exact) mass is 544 g/mol. The molecule has 1 aliphatic heterocycles. The smallest absolute Gasteiger partial charge is 0.390 e. The number of alkyl halides is 3. The number of rotatable bonds is 9. The molecular formula is C27H31F3N6O3. The first-order valence-corrected chi connectivity index (χ1v) is 12.8. The van der Waals surface area contributed by atoms with Crippen molar-refractivity contribution in [2.24, 2.45) is 0 Å². The van der Waals surface area contributed by atoms with Crippen molar-refractivity contribution in [2.45, 2.75) is 37.9 Å². The van der Waals surface area contributed by atoms with Gasteiger partial charge in [-0.25, -0.2) is 9.97 Å². The van der Waals surface area contributed by atoms with Crippen molar-refractivity contribution in [3.8, 4) is 17.2 Å². The predicted octanol–water partition coefficient (Wildman–Crippen LogP) is 5.05. The number of para-hydroxylation sites is 1. The minimum absolute atomic E-state index is 0.0223. The molecule has 1 aliphatic rings. The van der Waals surface area contributed by atoms with Crippen LogP contribution < -0.4 is 19.5 Å². The van der Waals surface area contributed by atoms with Crippen molar-refractivity contribution in [1.29, 1.82) is 0 Å². The van der Waals surface area contributed by atoms with Crippen LogP contribution in [0.4, 0.5) is 19.1 Å². The molecule has 208 valence electrons. The summed E-state index contributed by atoms with van der Waals surface area (Å²) in [5.41, 5.74) is 2.12. The van der Waals surface area contributed by atoms with E-state index in [0.717, 1.165) is 23.8 Å². The van der Waals surface area contributed by atoms with Crippen LogP contribution in [0.2, 0.25) is 0 Å². The second-order valence-corrected chi connectivity index (χ2v) is 9.53. The first kappa shape index (κ1) is 26.8. The highest BCUT2D eigenvalue weighted by Gasteiger charge is 2.31. The zero-order valence-corrected chi connectivity index (χ0v) is 22.1. The van der Waals surface area contributed by atoms with E-state index in [9.17, 15) is 13.2 Å². The van der Waals surface area contributed by atoms with Gasteiger partial charge in [0.05, 0.1) is 27.8 Å². The Balaban J connectivity index is 1.50. The van der Waals surface area contributed by atoms with Gasteiger partial charge in [-0.15, -0.1) is 5.10 Å². The second-order valence-electron chi connectivity index (χ2n) is 9.53. The van der Waals surface area contributed by atoms with Crippen molar-refractivity contribution in [1.82, 2.24) is 24.5 Å². The first-order valence-electron chi connectivity index (χ1n) is 12.8. The van der Waals surface area contributed by atoms with Crippen molar-refractivity contribution in [3.63, 3.8) is 0 Å². The number of ether oxygens (including phenoxy) is 3. The van der Waals surface area contributed by atoms with E-state index in [-0.39, 0.29) is 12.5 Å². The molecule has 2 aromatic heterocycles. The summed E-state index contributed by atoms with van der Waals surface area (Å²) in [7, 11) is 4.78. The van der Waals surface area contributed by atoms with Crippen molar-refractivity contribution < 1.29 is 27.4 Å². The molecule has 4 aromatic rings. The lowest BCUT2D eigenvalue weighted by atomic mass is 9.97. The van der Waals surface area contributed by atoms with E-state index >= 15 is 0 Å². The maximum absolute atomic E-state index is 12.8. The van der Waals surface area contributed by atoms with Crippen LogP contribution in [-0.4, -0.2) is 71.6 Å². The zero-order valence-electron chi connectivity index (χ0n) is 22.1. The average molecular weight is 545 g/mol. The quantitative estimate of drug-likeness (QED) is 0.314. The summed E-state index contributed by atoms with van der Waals surface area (Å²) in [5.74, 6) is 2.92. The summed E-state index contributed by atoms with van der Waals surface area (Å²) >= 11 is 0. The Morgan fingerprint density at radius 2 is 1.85 bits per heavy atom. The van der Waals surface area contributed by atoms with Gasteiger partial charge in [0, 0.05) is 42.6 Å². The van der Waals surface area contributed by atoms with Gasteiger partial charge < -0.3 is 24.4 Å². The number of aromatic nitrogens is 4. The van der Waals surface area contributed by atoms with Gasteiger partial charge in [0.1, 0.15) is 22.8 Å². The number of piperidine rings is 1. The number of anilines is 1. The van der Waals surface area contributed by atoms with Crippen LogP contribution in [0.5, 0.6) is 17.2 Å². The third-order valence-electron chi connectivity index (χ3n) is 7.02. The maximum Gasteiger partial charge on any atom is 0.390 e. The largest absolute Gasteiger partial charge is 0.497 e. The van der Waals surface area contributed by atoms with Crippen LogP contribution in [0, 0.1) is 0 Å². The molecule has 5 rings (SSSR count). The number of nitrogens with zero attached hydrogens (tertiary/aromatic N) is 5. The van der Waals surface area contributed by atoms with Gasteiger partial charge >= 0.3 is 6.18 Å². The molecule has 39 heavy (non-hydrogen) atoms. The van der Waals surface area contributed by atoms with Gasteiger partial charge in [0.25, 0.3) is 0 Å². The fraction of sp³-hybridized carbons (Fsp3) is 0.444. The molecule has 12 heteroatoms. The van der Waals surface area contributed by atoms with E-state index in [1.165, 1.54) is 0 Å². The normalized spacial score (nSPS) is 16.5. The van der Waals surface area contributed by atoms with Crippen LogP contribution in [-0.2, 0) is 6.54 Å². The highest BCUT2D eigenvalue weighted by atomic mass is 19.4. The highest BCUT2D eigenvalue weighted by Crippen LogP contribution is 2.32. The molecule has 1 unspecified atom stereocenters. The number of hydrogen-bond acceptors (Lipinski definition) is 8. The minimum Gasteiger partial charge on any atom is -0.497 e. The lowest BCUT2D eigenvalue weighted by Crippen LogP contribution is -2.37. The second kappa shape index (κ2) is 11.1. The Labute approximate surface area is 223 Å². The van der Waals surface area contributed by atoms with Crippen molar-refractivity contribution in [2.75, 3.05) is 46.3 Å². The van der Waals surface area contributed by atoms with Crippen molar-refractivity contribution in [3.05, 3.63) is 47.8 Å². The number of methoxy groups -OCH3 is 3.